The molecule has 0 saturated heterocycles. The summed E-state index contributed by atoms with van der Waals surface area (Å²) in [5, 5.41) is 0. The van der Waals surface area contributed by atoms with E-state index in [1.165, 1.54) is 25.3 Å². The molecule has 128 valence electrons. The first-order chi connectivity index (χ1) is 10.2. The van der Waals surface area contributed by atoms with Crippen LogP contribution >= 0.6 is 0 Å². The molecule has 0 fully saturated rings. The highest BCUT2D eigenvalue weighted by Crippen LogP contribution is 2.21. The molecule has 0 unspecified atom stereocenters. The molecule has 0 saturated carbocycles. The zero-order valence-electron chi connectivity index (χ0n) is 16.6. The van der Waals surface area contributed by atoms with E-state index in [9.17, 15) is 0 Å². The van der Waals surface area contributed by atoms with Gasteiger partial charge in [-0.25, -0.2) is 0 Å². The van der Waals surface area contributed by atoms with E-state index in [-0.39, 0.29) is 0 Å². The summed E-state index contributed by atoms with van der Waals surface area (Å²) in [6, 6.07) is 12.3. The van der Waals surface area contributed by atoms with Gasteiger partial charge in [0.1, 0.15) is 5.69 Å². The van der Waals surface area contributed by atoms with Crippen LogP contribution in [0.3, 0.4) is 0 Å². The Kier molecular flexibility index (Phi) is 8.95. The maximum atomic E-state index is 2.27. The fourth-order valence-electron chi connectivity index (χ4n) is 2.56. The molecule has 0 atom stereocenters. The third-order valence-corrected chi connectivity index (χ3v) is 5.78. The molecule has 0 heterocycles. The molecule has 0 aliphatic rings. The van der Waals surface area contributed by atoms with Gasteiger partial charge >= 0.3 is 0 Å². The van der Waals surface area contributed by atoms with E-state index in [1.54, 1.807) is 0 Å². The Labute approximate surface area is 139 Å². The van der Waals surface area contributed by atoms with Crippen LogP contribution in [0.25, 0.3) is 0 Å². The molecule has 0 aliphatic heterocycles. The summed E-state index contributed by atoms with van der Waals surface area (Å²) in [6.07, 6.45) is 0. The minimum atomic E-state index is 0.727. The maximum Gasteiger partial charge on any atom is 0.132 e. The van der Waals surface area contributed by atoms with E-state index in [1.807, 2.05) is 0 Å². The highest BCUT2D eigenvalue weighted by atomic mass is 15.3. The van der Waals surface area contributed by atoms with Gasteiger partial charge in [-0.3, -0.25) is 4.48 Å². The van der Waals surface area contributed by atoms with Gasteiger partial charge in [-0.1, -0.05) is 18.2 Å². The molecule has 0 aromatic heterocycles. The molecule has 0 spiro atoms. The topological polar surface area (TPSA) is 0 Å². The quantitative estimate of drug-likeness (QED) is 0.653. The second-order valence-corrected chi connectivity index (χ2v) is 7.25. The highest BCUT2D eigenvalue weighted by Gasteiger charge is 2.23. The molecule has 0 bridgehead atoms. The smallest absolute Gasteiger partial charge is 0.132 e. The second kappa shape index (κ2) is 9.32. The lowest BCUT2D eigenvalue weighted by Crippen LogP contribution is -2.50. The molecule has 2 heteroatoms. The van der Waals surface area contributed by atoms with Crippen LogP contribution in [0.2, 0.25) is 0 Å². The van der Waals surface area contributed by atoms with E-state index in [2.05, 4.69) is 92.9 Å². The van der Waals surface area contributed by atoms with Gasteiger partial charge in [-0.2, -0.15) is 0 Å². The normalized spacial score (nSPS) is 12.3. The van der Waals surface area contributed by atoms with Crippen molar-refractivity contribution in [1.82, 2.24) is 4.48 Å². The summed E-state index contributed by atoms with van der Waals surface area (Å²) in [6.45, 7) is 19.4. The second-order valence-electron chi connectivity index (χ2n) is 7.25. The summed E-state index contributed by atoms with van der Waals surface area (Å²) in [4.78, 5) is 0. The van der Waals surface area contributed by atoms with E-state index in [0.29, 0.717) is 0 Å². The lowest BCUT2D eigenvalue weighted by Gasteiger charge is -2.38. The molecule has 0 N–H and O–H groups in total. The van der Waals surface area contributed by atoms with Crippen LogP contribution < -0.4 is 4.48 Å². The fourth-order valence-corrected chi connectivity index (χ4v) is 2.56. The molecular formula is C20H40N2+2. The molecule has 2 nitrogen and oxygen atoms in total. The molecule has 0 amide bonds. The van der Waals surface area contributed by atoms with E-state index >= 15 is 0 Å². The van der Waals surface area contributed by atoms with Gasteiger partial charge in [0.25, 0.3) is 0 Å². The Morgan fingerprint density at radius 1 is 0.727 bits per heavy atom. The first-order valence-corrected chi connectivity index (χ1v) is 8.92. The van der Waals surface area contributed by atoms with Crippen molar-refractivity contribution < 1.29 is 4.48 Å². The number of rotatable bonds is 6. The summed E-state index contributed by atoms with van der Waals surface area (Å²) in [5.74, 6) is 0. The highest BCUT2D eigenvalue weighted by molar-refractivity contribution is 5.42. The largest absolute Gasteiger partial charge is 0.325 e. The van der Waals surface area contributed by atoms with Crippen LogP contribution in [-0.2, 0) is 0 Å². The van der Waals surface area contributed by atoms with E-state index < -0.39 is 0 Å². The lowest BCUT2D eigenvalue weighted by molar-refractivity contribution is -0.931. The van der Waals surface area contributed by atoms with Crippen LogP contribution in [-0.4, -0.2) is 50.3 Å². The molecule has 1 aromatic carbocycles. The molecule has 1 rings (SSSR count). The van der Waals surface area contributed by atoms with Crippen LogP contribution in [0.15, 0.2) is 30.3 Å². The molecular weight excluding hydrogens is 268 g/mol. The Morgan fingerprint density at radius 3 is 1.32 bits per heavy atom. The molecule has 0 radical (unpaired) electrons. The van der Waals surface area contributed by atoms with Crippen molar-refractivity contribution in [2.24, 2.45) is 0 Å². The summed E-state index contributed by atoms with van der Waals surface area (Å²) in [5.41, 5.74) is 1.44. The first kappa shape index (κ1) is 21.1. The summed E-state index contributed by atoms with van der Waals surface area (Å²) < 4.78 is 2.21. The zero-order valence-corrected chi connectivity index (χ0v) is 16.6. The third kappa shape index (κ3) is 5.40. The van der Waals surface area contributed by atoms with Crippen molar-refractivity contribution in [3.8, 4) is 0 Å². The number of hydrogen-bond acceptors (Lipinski definition) is 0. The monoisotopic (exact) mass is 308 g/mol. The van der Waals surface area contributed by atoms with Gasteiger partial charge in [0.15, 0.2) is 0 Å². The van der Waals surface area contributed by atoms with Crippen LogP contribution in [0.4, 0.5) is 5.69 Å². The van der Waals surface area contributed by atoms with Gasteiger partial charge in [-0.15, -0.1) is 0 Å². The minimum Gasteiger partial charge on any atom is -0.325 e. The van der Waals surface area contributed by atoms with Crippen molar-refractivity contribution in [3.05, 3.63) is 30.3 Å². The molecule has 22 heavy (non-hydrogen) atoms. The Bertz CT molecular complexity index is 371. The average Bonchev–Trinajstić information content (AvgIpc) is 2.51. The number of para-hydroxylation sites is 1. The van der Waals surface area contributed by atoms with E-state index in [4.69, 9.17) is 0 Å². The van der Waals surface area contributed by atoms with Crippen LogP contribution in [0.5, 0.6) is 0 Å². The van der Waals surface area contributed by atoms with Crippen LogP contribution in [0.1, 0.15) is 48.5 Å². The average molecular weight is 309 g/mol. The Hall–Kier alpha value is -0.860. The van der Waals surface area contributed by atoms with Crippen molar-refractivity contribution in [1.29, 1.82) is 0 Å². The van der Waals surface area contributed by atoms with Gasteiger partial charge in [0, 0.05) is 0 Å². The fraction of sp³-hybridized carbons (Fsp3) is 0.700. The maximum absolute atomic E-state index is 2.27. The number of hydrogen-bond donors (Lipinski definition) is 0. The summed E-state index contributed by atoms with van der Waals surface area (Å²) >= 11 is 0. The Balaban J connectivity index is 0.000000433. The predicted molar refractivity (Wildman–Crippen MR) is 102 cm³/mol. The standard InChI is InChI=1S/C12H20N.C8H20N/c1-4-13(5-2,6-3)12-10-8-7-9-11-12;1-7(2)9(5,6)8(3)4/h7-11H,4-6H2,1-3H3;7-8H,1-6H3/q2*+1. The Morgan fingerprint density at radius 2 is 1.09 bits per heavy atom. The number of quaternary nitrogens is 2. The SMILES string of the molecule is CC(C)[N+](C)(C)C(C)C.CC[N+](CC)(CC)c1ccccc1. The van der Waals surface area contributed by atoms with E-state index in [0.717, 1.165) is 21.0 Å². The lowest BCUT2D eigenvalue weighted by atomic mass is 10.2. The third-order valence-electron chi connectivity index (χ3n) is 5.78. The minimum absolute atomic E-state index is 0.727. The van der Waals surface area contributed by atoms with Gasteiger partial charge in [-0.05, 0) is 60.6 Å². The first-order valence-electron chi connectivity index (χ1n) is 8.92. The van der Waals surface area contributed by atoms with Crippen molar-refractivity contribution in [2.75, 3.05) is 33.7 Å². The van der Waals surface area contributed by atoms with Crippen molar-refractivity contribution in [3.63, 3.8) is 0 Å². The molecule has 1 aromatic rings. The van der Waals surface area contributed by atoms with Gasteiger partial charge in [0.05, 0.1) is 45.8 Å². The van der Waals surface area contributed by atoms with Crippen molar-refractivity contribution in [2.45, 2.75) is 60.5 Å². The predicted octanol–water partition coefficient (Wildman–Crippen LogP) is 4.93. The zero-order chi connectivity index (χ0) is 17.4. The number of benzene rings is 1. The summed E-state index contributed by atoms with van der Waals surface area (Å²) in [7, 11) is 4.55. The van der Waals surface area contributed by atoms with Crippen LogP contribution in [0, 0.1) is 0 Å². The van der Waals surface area contributed by atoms with Gasteiger partial charge < -0.3 is 4.48 Å². The van der Waals surface area contributed by atoms with Gasteiger partial charge in [0.2, 0.25) is 0 Å². The number of nitrogens with zero attached hydrogens (tertiary/aromatic N) is 2. The molecule has 0 aliphatic carbocycles. The van der Waals surface area contributed by atoms with Crippen molar-refractivity contribution >= 4 is 5.69 Å².